The average molecular weight is 469 g/mol. The molecular formula is C22H17BrN2O3S. The summed E-state index contributed by atoms with van der Waals surface area (Å²) in [6.45, 7) is 2.45. The number of carbonyl (C=O) groups excluding carboxylic acids is 2. The van der Waals surface area contributed by atoms with Gasteiger partial charge < -0.3 is 10.1 Å². The van der Waals surface area contributed by atoms with E-state index in [9.17, 15) is 9.59 Å². The maximum atomic E-state index is 13.3. The largest absolute Gasteiger partial charge is 0.494 e. The molecule has 0 saturated carbocycles. The number of thiophene rings is 1. The van der Waals surface area contributed by atoms with Gasteiger partial charge >= 0.3 is 0 Å². The van der Waals surface area contributed by atoms with Crippen molar-refractivity contribution in [2.45, 2.75) is 6.92 Å². The highest BCUT2D eigenvalue weighted by Crippen LogP contribution is 2.36. The lowest BCUT2D eigenvalue weighted by atomic mass is 10.2. The molecule has 0 atom stereocenters. The zero-order valence-corrected chi connectivity index (χ0v) is 17.9. The summed E-state index contributed by atoms with van der Waals surface area (Å²) in [5, 5.41) is 5.04. The van der Waals surface area contributed by atoms with Gasteiger partial charge in [0, 0.05) is 21.1 Å². The summed E-state index contributed by atoms with van der Waals surface area (Å²) in [4.78, 5) is 28.5. The molecule has 0 aliphatic carbocycles. The Morgan fingerprint density at radius 3 is 2.52 bits per heavy atom. The van der Waals surface area contributed by atoms with Gasteiger partial charge in [-0.3, -0.25) is 9.59 Å². The van der Waals surface area contributed by atoms with E-state index in [2.05, 4.69) is 21.2 Å². The molecule has 146 valence electrons. The smallest absolute Gasteiger partial charge is 0.282 e. The zero-order valence-electron chi connectivity index (χ0n) is 15.5. The number of amides is 2. The third-order valence-electron chi connectivity index (χ3n) is 4.35. The Morgan fingerprint density at radius 2 is 1.83 bits per heavy atom. The number of rotatable bonds is 6. The van der Waals surface area contributed by atoms with E-state index in [0.717, 1.165) is 9.35 Å². The van der Waals surface area contributed by atoms with Crippen molar-refractivity contribution >= 4 is 56.0 Å². The number of nitrogens with zero attached hydrogens (tertiary/aromatic N) is 1. The molecule has 1 aliphatic rings. The topological polar surface area (TPSA) is 58.6 Å². The lowest BCUT2D eigenvalue weighted by Gasteiger charge is -2.15. The monoisotopic (exact) mass is 468 g/mol. The second-order valence-corrected chi connectivity index (χ2v) is 8.10. The predicted octanol–water partition coefficient (Wildman–Crippen LogP) is 5.31. The molecule has 2 aromatic carbocycles. The molecule has 4 rings (SSSR count). The molecule has 0 bridgehead atoms. The number of benzene rings is 2. The van der Waals surface area contributed by atoms with Gasteiger partial charge in [0.1, 0.15) is 11.4 Å². The molecule has 0 saturated heterocycles. The van der Waals surface area contributed by atoms with Gasteiger partial charge in [-0.1, -0.05) is 28.1 Å². The van der Waals surface area contributed by atoms with Crippen molar-refractivity contribution in [2.75, 3.05) is 16.8 Å². The van der Waals surface area contributed by atoms with E-state index >= 15 is 0 Å². The molecule has 1 N–H and O–H groups in total. The van der Waals surface area contributed by atoms with Crippen LogP contribution in [0.4, 0.5) is 11.4 Å². The minimum atomic E-state index is -0.387. The van der Waals surface area contributed by atoms with Crippen LogP contribution in [0.3, 0.4) is 0 Å². The van der Waals surface area contributed by atoms with Gasteiger partial charge in [-0.2, -0.15) is 0 Å². The van der Waals surface area contributed by atoms with Crippen LogP contribution < -0.4 is 15.0 Å². The number of hydrogen-bond donors (Lipinski definition) is 1. The van der Waals surface area contributed by atoms with E-state index in [0.29, 0.717) is 29.3 Å². The minimum absolute atomic E-state index is 0.258. The van der Waals surface area contributed by atoms with Gasteiger partial charge in [-0.15, -0.1) is 11.3 Å². The second-order valence-electron chi connectivity index (χ2n) is 6.24. The van der Waals surface area contributed by atoms with Crippen LogP contribution in [0.2, 0.25) is 0 Å². The van der Waals surface area contributed by atoms with Crippen LogP contribution in [-0.2, 0) is 9.59 Å². The van der Waals surface area contributed by atoms with Gasteiger partial charge in [0.2, 0.25) is 0 Å². The standard InChI is InChI=1S/C22H17BrN2O3S/c1-2-28-17-6-3-5-15(13-17)24-20-19(18-7-4-12-29-18)21(26)25(22(20)27)16-10-8-14(23)9-11-16/h3-13,24H,2H2,1H3. The van der Waals surface area contributed by atoms with Crippen molar-refractivity contribution in [1.82, 2.24) is 0 Å². The van der Waals surface area contributed by atoms with Gasteiger partial charge in [0.05, 0.1) is 17.9 Å². The van der Waals surface area contributed by atoms with E-state index in [1.807, 2.05) is 48.7 Å². The van der Waals surface area contributed by atoms with Crippen molar-refractivity contribution in [3.05, 3.63) is 81.1 Å². The number of halogens is 1. The van der Waals surface area contributed by atoms with Crippen LogP contribution in [0.1, 0.15) is 11.8 Å². The van der Waals surface area contributed by atoms with E-state index < -0.39 is 0 Å². The van der Waals surface area contributed by atoms with Crippen LogP contribution in [0, 0.1) is 0 Å². The molecule has 0 radical (unpaired) electrons. The Morgan fingerprint density at radius 1 is 1.03 bits per heavy atom. The van der Waals surface area contributed by atoms with Crippen LogP contribution in [0.5, 0.6) is 5.75 Å². The van der Waals surface area contributed by atoms with Crippen LogP contribution in [-0.4, -0.2) is 18.4 Å². The maximum absolute atomic E-state index is 13.3. The van der Waals surface area contributed by atoms with Gasteiger partial charge in [-0.25, -0.2) is 4.90 Å². The molecule has 1 aliphatic heterocycles. The molecule has 1 aromatic heterocycles. The highest BCUT2D eigenvalue weighted by molar-refractivity contribution is 9.10. The van der Waals surface area contributed by atoms with Crippen molar-refractivity contribution in [3.8, 4) is 5.75 Å². The lowest BCUT2D eigenvalue weighted by Crippen LogP contribution is -2.32. The first kappa shape index (κ1) is 19.4. The molecule has 29 heavy (non-hydrogen) atoms. The summed E-state index contributed by atoms with van der Waals surface area (Å²) < 4.78 is 6.41. The predicted molar refractivity (Wildman–Crippen MR) is 119 cm³/mol. The third kappa shape index (κ3) is 3.83. The molecule has 3 aromatic rings. The SMILES string of the molecule is CCOc1cccc(NC2=C(c3cccs3)C(=O)N(c3ccc(Br)cc3)C2=O)c1. The number of carbonyl (C=O) groups is 2. The summed E-state index contributed by atoms with van der Waals surface area (Å²) in [5.41, 5.74) is 1.83. The molecule has 2 heterocycles. The van der Waals surface area contributed by atoms with E-state index in [1.165, 1.54) is 16.2 Å². The van der Waals surface area contributed by atoms with E-state index in [4.69, 9.17) is 4.74 Å². The zero-order chi connectivity index (χ0) is 20.4. The van der Waals surface area contributed by atoms with Crippen LogP contribution in [0.15, 0.2) is 76.2 Å². The summed E-state index contributed by atoms with van der Waals surface area (Å²) in [6, 6.07) is 18.1. The summed E-state index contributed by atoms with van der Waals surface area (Å²) in [6.07, 6.45) is 0. The minimum Gasteiger partial charge on any atom is -0.494 e. The van der Waals surface area contributed by atoms with Crippen molar-refractivity contribution in [3.63, 3.8) is 0 Å². The third-order valence-corrected chi connectivity index (χ3v) is 5.77. The van der Waals surface area contributed by atoms with Gasteiger partial charge in [0.25, 0.3) is 11.8 Å². The molecule has 0 fully saturated rings. The summed E-state index contributed by atoms with van der Waals surface area (Å²) in [7, 11) is 0. The quantitative estimate of drug-likeness (QED) is 0.498. The Bertz CT molecular complexity index is 1090. The fourth-order valence-corrected chi connectivity index (χ4v) is 4.13. The molecule has 0 unspecified atom stereocenters. The highest BCUT2D eigenvalue weighted by atomic mass is 79.9. The fourth-order valence-electron chi connectivity index (χ4n) is 3.09. The molecular weight excluding hydrogens is 452 g/mol. The summed E-state index contributed by atoms with van der Waals surface area (Å²) in [5.74, 6) is -0.0388. The van der Waals surface area contributed by atoms with Crippen molar-refractivity contribution in [1.29, 1.82) is 0 Å². The number of anilines is 2. The van der Waals surface area contributed by atoms with E-state index in [-0.39, 0.29) is 17.5 Å². The maximum Gasteiger partial charge on any atom is 0.282 e. The first-order valence-corrected chi connectivity index (χ1v) is 10.7. The van der Waals surface area contributed by atoms with E-state index in [1.54, 1.807) is 24.3 Å². The van der Waals surface area contributed by atoms with Gasteiger partial charge in [-0.05, 0) is 54.8 Å². The van der Waals surface area contributed by atoms with Gasteiger partial charge in [0.15, 0.2) is 0 Å². The first-order chi connectivity index (χ1) is 14.1. The number of imide groups is 1. The Hall–Kier alpha value is -2.90. The number of hydrogen-bond acceptors (Lipinski definition) is 5. The fraction of sp³-hybridized carbons (Fsp3) is 0.0909. The van der Waals surface area contributed by atoms with Crippen molar-refractivity contribution in [2.24, 2.45) is 0 Å². The van der Waals surface area contributed by atoms with Crippen LogP contribution in [0.25, 0.3) is 5.57 Å². The Balaban J connectivity index is 1.75. The lowest BCUT2D eigenvalue weighted by molar-refractivity contribution is -0.120. The molecule has 5 nitrogen and oxygen atoms in total. The molecule has 2 amide bonds. The van der Waals surface area contributed by atoms with Crippen LogP contribution >= 0.6 is 27.3 Å². The normalized spacial score (nSPS) is 13.9. The molecule has 7 heteroatoms. The Kier molecular flexibility index (Phi) is 5.51. The summed E-state index contributed by atoms with van der Waals surface area (Å²) >= 11 is 4.80. The number of ether oxygens (including phenoxy) is 1. The second kappa shape index (κ2) is 8.23. The average Bonchev–Trinajstić information content (AvgIpc) is 3.31. The Labute approximate surface area is 180 Å². The molecule has 0 spiro atoms. The first-order valence-electron chi connectivity index (χ1n) is 9.01. The number of nitrogens with one attached hydrogen (secondary N) is 1. The van der Waals surface area contributed by atoms with Crippen molar-refractivity contribution < 1.29 is 14.3 Å². The highest BCUT2D eigenvalue weighted by Gasteiger charge is 2.40.